The van der Waals surface area contributed by atoms with Crippen LogP contribution in [0.1, 0.15) is 20.3 Å². The summed E-state index contributed by atoms with van der Waals surface area (Å²) in [5.41, 5.74) is -0.191. The molecule has 0 heterocycles. The van der Waals surface area contributed by atoms with Gasteiger partial charge in [0, 0.05) is 13.7 Å². The van der Waals surface area contributed by atoms with Crippen molar-refractivity contribution in [2.24, 2.45) is 0 Å². The fourth-order valence-electron chi connectivity index (χ4n) is 1.56. The monoisotopic (exact) mass is 307 g/mol. The quantitative estimate of drug-likeness (QED) is 0.841. The Labute approximate surface area is 118 Å². The summed E-state index contributed by atoms with van der Waals surface area (Å²) in [5.74, 6) is -3.43. The molecule has 0 atom stereocenters. The molecule has 0 radical (unpaired) electrons. The van der Waals surface area contributed by atoms with Crippen molar-refractivity contribution < 1.29 is 21.9 Å². The molecular weight excluding hydrogens is 288 g/mol. The van der Waals surface area contributed by atoms with E-state index in [9.17, 15) is 17.2 Å². The highest BCUT2D eigenvalue weighted by atomic mass is 32.2. The van der Waals surface area contributed by atoms with Crippen molar-refractivity contribution in [2.75, 3.05) is 19.0 Å². The maximum Gasteiger partial charge on any atom is 0.341 e. The number of hydrogen-bond acceptors (Lipinski definition) is 4. The average Bonchev–Trinajstić information content (AvgIpc) is 2.39. The number of rotatable bonds is 7. The maximum absolute atomic E-state index is 12.6. The molecule has 1 aromatic carbocycles. The van der Waals surface area contributed by atoms with Gasteiger partial charge in [-0.25, -0.2) is 8.42 Å². The van der Waals surface area contributed by atoms with Crippen LogP contribution >= 0.6 is 0 Å². The summed E-state index contributed by atoms with van der Waals surface area (Å²) in [5, 5.41) is 2.87. The molecule has 0 saturated heterocycles. The van der Waals surface area contributed by atoms with Crippen LogP contribution in [0.5, 0.6) is 0 Å². The van der Waals surface area contributed by atoms with E-state index in [-0.39, 0.29) is 16.2 Å². The van der Waals surface area contributed by atoms with E-state index in [1.165, 1.54) is 18.2 Å². The average molecular weight is 307 g/mol. The fraction of sp³-hybridized carbons (Fsp3) is 0.538. The van der Waals surface area contributed by atoms with Gasteiger partial charge < -0.3 is 10.1 Å². The first-order valence-corrected chi connectivity index (χ1v) is 7.65. The highest BCUT2D eigenvalue weighted by molar-refractivity contribution is 7.91. The molecule has 0 aromatic heterocycles. The van der Waals surface area contributed by atoms with E-state index in [4.69, 9.17) is 4.74 Å². The van der Waals surface area contributed by atoms with Gasteiger partial charge in [-0.2, -0.15) is 8.78 Å². The van der Waals surface area contributed by atoms with Crippen LogP contribution in [0.3, 0.4) is 0 Å². The first-order chi connectivity index (χ1) is 9.20. The molecule has 4 nitrogen and oxygen atoms in total. The van der Waals surface area contributed by atoms with E-state index >= 15 is 0 Å². The molecule has 20 heavy (non-hydrogen) atoms. The molecule has 7 heteroatoms. The van der Waals surface area contributed by atoms with Gasteiger partial charge in [0.05, 0.1) is 16.2 Å². The van der Waals surface area contributed by atoms with Crippen molar-refractivity contribution in [1.82, 2.24) is 0 Å². The number of sulfone groups is 1. The molecule has 1 rings (SSSR count). The SMILES string of the molecule is COC(C)(C)CCNc1ccccc1S(=O)(=O)C(F)F. The smallest absolute Gasteiger partial charge is 0.341 e. The number of para-hydroxylation sites is 1. The van der Waals surface area contributed by atoms with Gasteiger partial charge in [0.15, 0.2) is 0 Å². The number of ether oxygens (including phenoxy) is 1. The lowest BCUT2D eigenvalue weighted by Crippen LogP contribution is -2.26. The second kappa shape index (κ2) is 6.49. The topological polar surface area (TPSA) is 55.4 Å². The van der Waals surface area contributed by atoms with Crippen molar-refractivity contribution in [3.8, 4) is 0 Å². The largest absolute Gasteiger partial charge is 0.384 e. The first kappa shape index (κ1) is 16.8. The standard InChI is InChI=1S/C13H19F2NO3S/c1-13(2,19-3)8-9-16-10-6-4-5-7-11(10)20(17,18)12(14)15/h4-7,12,16H,8-9H2,1-3H3. The Morgan fingerprint density at radius 2 is 1.90 bits per heavy atom. The third-order valence-corrected chi connectivity index (χ3v) is 4.46. The Hall–Kier alpha value is -1.21. The van der Waals surface area contributed by atoms with E-state index in [1.807, 2.05) is 13.8 Å². The molecular formula is C13H19F2NO3S. The molecule has 0 aliphatic rings. The third kappa shape index (κ3) is 4.14. The van der Waals surface area contributed by atoms with Crippen LogP contribution < -0.4 is 5.32 Å². The van der Waals surface area contributed by atoms with E-state index < -0.39 is 15.6 Å². The summed E-state index contributed by atoms with van der Waals surface area (Å²) in [6.45, 7) is 4.18. The molecule has 1 aromatic rings. The summed E-state index contributed by atoms with van der Waals surface area (Å²) in [7, 11) is -3.03. The second-order valence-corrected chi connectivity index (χ2v) is 6.83. The van der Waals surface area contributed by atoms with Gasteiger partial charge in [0.1, 0.15) is 0 Å². The van der Waals surface area contributed by atoms with Gasteiger partial charge in [-0.05, 0) is 32.4 Å². The molecule has 0 aliphatic carbocycles. The minimum Gasteiger partial charge on any atom is -0.384 e. The number of halogens is 2. The molecule has 0 fully saturated rings. The van der Waals surface area contributed by atoms with Crippen LogP contribution in [-0.2, 0) is 14.6 Å². The summed E-state index contributed by atoms with van der Waals surface area (Å²) >= 11 is 0. The van der Waals surface area contributed by atoms with E-state index in [0.29, 0.717) is 13.0 Å². The maximum atomic E-state index is 12.6. The molecule has 1 N–H and O–H groups in total. The summed E-state index contributed by atoms with van der Waals surface area (Å²) < 4.78 is 53.6. The van der Waals surface area contributed by atoms with Crippen LogP contribution in [0.25, 0.3) is 0 Å². The fourth-order valence-corrected chi connectivity index (χ4v) is 2.46. The number of hydrogen-bond donors (Lipinski definition) is 1. The van der Waals surface area contributed by atoms with Crippen LogP contribution in [-0.4, -0.2) is 33.4 Å². The lowest BCUT2D eigenvalue weighted by molar-refractivity contribution is 0.0185. The Bertz CT molecular complexity index is 544. The normalized spacial score (nSPS) is 12.7. The number of methoxy groups -OCH3 is 1. The number of anilines is 1. The van der Waals surface area contributed by atoms with E-state index in [1.54, 1.807) is 13.2 Å². The molecule has 114 valence electrons. The van der Waals surface area contributed by atoms with Gasteiger partial charge in [0.2, 0.25) is 9.84 Å². The van der Waals surface area contributed by atoms with E-state index in [2.05, 4.69) is 5.32 Å². The Kier molecular flexibility index (Phi) is 5.47. The van der Waals surface area contributed by atoms with Crippen molar-refractivity contribution in [3.63, 3.8) is 0 Å². The third-order valence-electron chi connectivity index (χ3n) is 3.02. The number of nitrogens with one attached hydrogen (secondary N) is 1. The summed E-state index contributed by atoms with van der Waals surface area (Å²) in [4.78, 5) is -0.384. The molecule has 0 amide bonds. The second-order valence-electron chi connectivity index (χ2n) is 4.94. The Morgan fingerprint density at radius 1 is 1.30 bits per heavy atom. The van der Waals surface area contributed by atoms with Gasteiger partial charge in [-0.3, -0.25) is 0 Å². The van der Waals surface area contributed by atoms with E-state index in [0.717, 1.165) is 0 Å². The molecule has 0 bridgehead atoms. The van der Waals surface area contributed by atoms with Crippen molar-refractivity contribution in [1.29, 1.82) is 0 Å². The van der Waals surface area contributed by atoms with Crippen molar-refractivity contribution >= 4 is 15.5 Å². The Morgan fingerprint density at radius 3 is 2.45 bits per heavy atom. The first-order valence-electron chi connectivity index (χ1n) is 6.11. The minimum absolute atomic E-state index is 0.180. The lowest BCUT2D eigenvalue weighted by atomic mass is 10.1. The van der Waals surface area contributed by atoms with Crippen molar-refractivity contribution in [2.45, 2.75) is 36.5 Å². The molecule has 0 aliphatic heterocycles. The van der Waals surface area contributed by atoms with Crippen LogP contribution in [0.4, 0.5) is 14.5 Å². The predicted molar refractivity (Wildman–Crippen MR) is 73.8 cm³/mol. The lowest BCUT2D eigenvalue weighted by Gasteiger charge is -2.23. The summed E-state index contributed by atoms with van der Waals surface area (Å²) in [6, 6.07) is 5.65. The Balaban J connectivity index is 2.88. The van der Waals surface area contributed by atoms with Crippen LogP contribution in [0.15, 0.2) is 29.2 Å². The number of benzene rings is 1. The zero-order valence-electron chi connectivity index (χ0n) is 11.7. The van der Waals surface area contributed by atoms with Gasteiger partial charge in [0.25, 0.3) is 0 Å². The van der Waals surface area contributed by atoms with Crippen molar-refractivity contribution in [3.05, 3.63) is 24.3 Å². The summed E-state index contributed by atoms with van der Waals surface area (Å²) in [6.07, 6.45) is 0.604. The molecule has 0 spiro atoms. The van der Waals surface area contributed by atoms with Crippen LogP contribution in [0.2, 0.25) is 0 Å². The molecule has 0 unspecified atom stereocenters. The zero-order chi connectivity index (χ0) is 15.4. The predicted octanol–water partition coefficient (Wildman–Crippen LogP) is 2.91. The minimum atomic E-state index is -4.61. The zero-order valence-corrected chi connectivity index (χ0v) is 12.5. The molecule has 0 saturated carbocycles. The van der Waals surface area contributed by atoms with Gasteiger partial charge in [-0.1, -0.05) is 12.1 Å². The van der Waals surface area contributed by atoms with Crippen LogP contribution in [0, 0.1) is 0 Å². The van der Waals surface area contributed by atoms with Gasteiger partial charge >= 0.3 is 5.76 Å². The van der Waals surface area contributed by atoms with Gasteiger partial charge in [-0.15, -0.1) is 0 Å². The number of alkyl halides is 2. The highest BCUT2D eigenvalue weighted by Crippen LogP contribution is 2.26. The highest BCUT2D eigenvalue weighted by Gasteiger charge is 2.29.